The Morgan fingerprint density at radius 3 is 2.36 bits per heavy atom. The monoisotopic (exact) mass is 348 g/mol. The van der Waals surface area contributed by atoms with Crippen molar-refractivity contribution in [3.63, 3.8) is 0 Å². The van der Waals surface area contributed by atoms with Crippen LogP contribution in [0.1, 0.15) is 31.2 Å². The molecule has 25 heavy (non-hydrogen) atoms. The molecule has 3 nitrogen and oxygen atoms in total. The van der Waals surface area contributed by atoms with Crippen LogP contribution >= 0.6 is 11.8 Å². The number of carbonyl (C=O) groups excluding carboxylic acids is 1. The van der Waals surface area contributed by atoms with E-state index in [1.807, 2.05) is 24.3 Å². The molecule has 2 fully saturated rings. The number of amidine groups is 1. The number of rotatable bonds is 3. The predicted molar refractivity (Wildman–Crippen MR) is 105 cm³/mol. The van der Waals surface area contributed by atoms with Gasteiger partial charge in [0.25, 0.3) is 5.91 Å². The van der Waals surface area contributed by atoms with Crippen molar-refractivity contribution in [3.05, 3.63) is 65.1 Å². The Bertz CT molecular complexity index is 819. The molecule has 4 heteroatoms. The molecule has 126 valence electrons. The first-order chi connectivity index (χ1) is 12.3. The highest BCUT2D eigenvalue weighted by Gasteiger charge is 2.25. The van der Waals surface area contributed by atoms with Gasteiger partial charge in [-0.15, -0.1) is 0 Å². The van der Waals surface area contributed by atoms with Gasteiger partial charge in [0.2, 0.25) is 0 Å². The highest BCUT2D eigenvalue weighted by Crippen LogP contribution is 2.29. The normalized spacial score (nSPS) is 21.2. The molecule has 2 aromatic rings. The molecule has 0 aromatic heterocycles. The minimum atomic E-state index is -0.0473. The molecule has 0 bridgehead atoms. The fourth-order valence-corrected chi connectivity index (χ4v) is 4.13. The van der Waals surface area contributed by atoms with Gasteiger partial charge in [0.15, 0.2) is 5.17 Å². The minimum absolute atomic E-state index is 0.0473. The second-order valence-electron chi connectivity index (χ2n) is 6.43. The lowest BCUT2D eigenvalue weighted by molar-refractivity contribution is -0.115. The minimum Gasteiger partial charge on any atom is -0.301 e. The van der Waals surface area contributed by atoms with Crippen LogP contribution in [0.2, 0.25) is 0 Å². The van der Waals surface area contributed by atoms with Gasteiger partial charge in [-0.1, -0.05) is 67.4 Å². The zero-order valence-electron chi connectivity index (χ0n) is 13.9. The molecule has 1 amide bonds. The Labute approximate surface area is 152 Å². The molecule has 1 aliphatic carbocycles. The summed E-state index contributed by atoms with van der Waals surface area (Å²) in [6.45, 7) is 0. The molecule has 2 aliphatic rings. The Morgan fingerprint density at radius 1 is 0.960 bits per heavy atom. The first-order valence-corrected chi connectivity index (χ1v) is 9.54. The zero-order valence-corrected chi connectivity index (χ0v) is 14.8. The number of nitrogens with one attached hydrogen (secondary N) is 1. The van der Waals surface area contributed by atoms with Crippen LogP contribution < -0.4 is 5.32 Å². The highest BCUT2D eigenvalue weighted by atomic mass is 32.2. The average Bonchev–Trinajstić information content (AvgIpc) is 3.27. The van der Waals surface area contributed by atoms with Gasteiger partial charge in [0, 0.05) is 0 Å². The predicted octanol–water partition coefficient (Wildman–Crippen LogP) is 4.86. The average molecular weight is 348 g/mol. The number of thioether (sulfide) groups is 1. The smallest absolute Gasteiger partial charge is 0.264 e. The number of aliphatic imine (C=N–C) groups is 1. The molecule has 0 radical (unpaired) electrons. The van der Waals surface area contributed by atoms with Crippen LogP contribution in [0.4, 0.5) is 0 Å². The number of hydrogen-bond acceptors (Lipinski definition) is 3. The van der Waals surface area contributed by atoms with Crippen molar-refractivity contribution >= 4 is 28.9 Å². The summed E-state index contributed by atoms with van der Waals surface area (Å²) in [4.78, 5) is 17.6. The van der Waals surface area contributed by atoms with Crippen LogP contribution in [0.5, 0.6) is 0 Å². The molecule has 0 spiro atoms. The molecule has 1 saturated carbocycles. The van der Waals surface area contributed by atoms with Gasteiger partial charge in [-0.3, -0.25) is 9.79 Å². The van der Waals surface area contributed by atoms with Gasteiger partial charge in [-0.2, -0.15) is 0 Å². The molecule has 1 saturated heterocycles. The van der Waals surface area contributed by atoms with Crippen molar-refractivity contribution in [2.24, 2.45) is 4.99 Å². The molecular formula is C21H20N2OS. The van der Waals surface area contributed by atoms with Crippen LogP contribution in [0, 0.1) is 0 Å². The van der Waals surface area contributed by atoms with Crippen molar-refractivity contribution in [2.45, 2.75) is 31.7 Å². The Hall–Kier alpha value is -2.33. The molecule has 0 atom stereocenters. The summed E-state index contributed by atoms with van der Waals surface area (Å²) >= 11 is 1.45. The second-order valence-corrected chi connectivity index (χ2v) is 7.46. The Morgan fingerprint density at radius 2 is 1.64 bits per heavy atom. The molecule has 4 rings (SSSR count). The largest absolute Gasteiger partial charge is 0.301 e. The van der Waals surface area contributed by atoms with Crippen molar-refractivity contribution in [3.8, 4) is 11.1 Å². The van der Waals surface area contributed by atoms with Crippen LogP contribution in [0.15, 0.2) is 64.5 Å². The van der Waals surface area contributed by atoms with E-state index >= 15 is 0 Å². The first kappa shape index (κ1) is 16.2. The van der Waals surface area contributed by atoms with E-state index < -0.39 is 0 Å². The molecule has 0 unspecified atom stereocenters. The zero-order chi connectivity index (χ0) is 17.1. The first-order valence-electron chi connectivity index (χ1n) is 8.72. The lowest BCUT2D eigenvalue weighted by atomic mass is 10.0. The van der Waals surface area contributed by atoms with Crippen molar-refractivity contribution in [1.82, 2.24) is 5.32 Å². The lowest BCUT2D eigenvalue weighted by Gasteiger charge is -2.02. The number of hydrogen-bond donors (Lipinski definition) is 1. The third kappa shape index (κ3) is 3.85. The molecule has 1 heterocycles. The maximum Gasteiger partial charge on any atom is 0.264 e. The van der Waals surface area contributed by atoms with E-state index in [-0.39, 0.29) is 5.91 Å². The topological polar surface area (TPSA) is 41.5 Å². The number of nitrogens with zero attached hydrogens (tertiary/aromatic N) is 1. The summed E-state index contributed by atoms with van der Waals surface area (Å²) < 4.78 is 0. The van der Waals surface area contributed by atoms with Crippen molar-refractivity contribution < 1.29 is 4.79 Å². The number of amides is 1. The molecule has 1 N–H and O–H groups in total. The number of benzene rings is 2. The summed E-state index contributed by atoms with van der Waals surface area (Å²) in [6, 6.07) is 18.9. The summed E-state index contributed by atoms with van der Waals surface area (Å²) in [5.74, 6) is -0.0473. The molecule has 1 aliphatic heterocycles. The summed E-state index contributed by atoms with van der Waals surface area (Å²) in [6.07, 6.45) is 6.71. The Kier molecular flexibility index (Phi) is 4.70. The third-order valence-electron chi connectivity index (χ3n) is 4.59. The standard InChI is InChI=1S/C21H20N2OS/c24-20-19(25-21(23-20)22-18-8-4-5-9-18)14-15-10-12-17(13-11-15)16-6-2-1-3-7-16/h1-3,6-7,10-14,18H,4-5,8-9H2,(H,22,23,24)/b19-14+. The van der Waals surface area contributed by atoms with E-state index in [9.17, 15) is 4.79 Å². The fourth-order valence-electron chi connectivity index (χ4n) is 3.24. The van der Waals surface area contributed by atoms with Gasteiger partial charge in [-0.05, 0) is 47.4 Å². The van der Waals surface area contributed by atoms with Crippen LogP contribution in [-0.4, -0.2) is 17.1 Å². The SMILES string of the molecule is O=C1NC(=NC2CCCC2)S/C1=C/c1ccc(-c2ccccc2)cc1. The third-order valence-corrected chi connectivity index (χ3v) is 5.51. The van der Waals surface area contributed by atoms with Crippen molar-refractivity contribution in [2.75, 3.05) is 0 Å². The summed E-state index contributed by atoms with van der Waals surface area (Å²) in [7, 11) is 0. The highest BCUT2D eigenvalue weighted by molar-refractivity contribution is 8.18. The van der Waals surface area contributed by atoms with E-state index in [0.29, 0.717) is 10.9 Å². The van der Waals surface area contributed by atoms with Crippen LogP contribution in [-0.2, 0) is 4.79 Å². The maximum absolute atomic E-state index is 12.2. The van der Waals surface area contributed by atoms with Gasteiger partial charge in [0.1, 0.15) is 0 Å². The molecule has 2 aromatic carbocycles. The lowest BCUT2D eigenvalue weighted by Crippen LogP contribution is -2.21. The van der Waals surface area contributed by atoms with Crippen LogP contribution in [0.25, 0.3) is 17.2 Å². The number of carbonyl (C=O) groups is 1. The van der Waals surface area contributed by atoms with E-state index in [2.05, 4.69) is 46.7 Å². The van der Waals surface area contributed by atoms with E-state index in [1.54, 1.807) is 0 Å². The van der Waals surface area contributed by atoms with Crippen molar-refractivity contribution in [1.29, 1.82) is 0 Å². The van der Waals surface area contributed by atoms with Gasteiger partial charge in [0.05, 0.1) is 10.9 Å². The quantitative estimate of drug-likeness (QED) is 0.805. The van der Waals surface area contributed by atoms with Gasteiger partial charge in [-0.25, -0.2) is 0 Å². The molecular weight excluding hydrogens is 328 g/mol. The van der Waals surface area contributed by atoms with E-state index in [1.165, 1.54) is 35.7 Å². The van der Waals surface area contributed by atoms with Crippen LogP contribution in [0.3, 0.4) is 0 Å². The summed E-state index contributed by atoms with van der Waals surface area (Å²) in [5.41, 5.74) is 3.40. The fraction of sp³-hybridized carbons (Fsp3) is 0.238. The Balaban J connectivity index is 1.49. The second kappa shape index (κ2) is 7.28. The van der Waals surface area contributed by atoms with Gasteiger partial charge >= 0.3 is 0 Å². The summed E-state index contributed by atoms with van der Waals surface area (Å²) in [5, 5.41) is 3.65. The van der Waals surface area contributed by atoms with E-state index in [4.69, 9.17) is 0 Å². The maximum atomic E-state index is 12.2. The van der Waals surface area contributed by atoms with E-state index in [0.717, 1.165) is 23.6 Å². The van der Waals surface area contributed by atoms with Gasteiger partial charge < -0.3 is 5.32 Å².